The summed E-state index contributed by atoms with van der Waals surface area (Å²) in [7, 11) is 0. The Morgan fingerprint density at radius 2 is 1.79 bits per heavy atom. The molecule has 6 nitrogen and oxygen atoms in total. The second-order valence-electron chi connectivity index (χ2n) is 8.77. The van der Waals surface area contributed by atoms with Gasteiger partial charge in [0.15, 0.2) is 0 Å². The van der Waals surface area contributed by atoms with Crippen LogP contribution in [0.15, 0.2) is 95.0 Å². The normalized spacial score (nSPS) is 12.2. The van der Waals surface area contributed by atoms with Crippen LogP contribution >= 0.6 is 11.9 Å². The lowest BCUT2D eigenvalue weighted by Crippen LogP contribution is -2.31. The molecule has 0 saturated carbocycles. The average molecular weight is 523 g/mol. The predicted octanol–water partition coefficient (Wildman–Crippen LogP) is 6.21. The van der Waals surface area contributed by atoms with Crippen molar-refractivity contribution in [3.8, 4) is 11.8 Å². The van der Waals surface area contributed by atoms with E-state index < -0.39 is 5.82 Å². The highest BCUT2D eigenvalue weighted by atomic mass is 32.2. The number of rotatable bonds is 5. The molecule has 0 unspecified atom stereocenters. The van der Waals surface area contributed by atoms with Crippen molar-refractivity contribution in [2.75, 3.05) is 17.2 Å². The van der Waals surface area contributed by atoms with E-state index in [1.807, 2.05) is 48.5 Å². The van der Waals surface area contributed by atoms with Gasteiger partial charge in [0.05, 0.1) is 5.69 Å². The molecule has 1 amide bonds. The molecule has 38 heavy (non-hydrogen) atoms. The molecule has 4 aromatic rings. The number of amides is 1. The smallest absolute Gasteiger partial charge is 0.261 e. The second kappa shape index (κ2) is 11.2. The van der Waals surface area contributed by atoms with Crippen LogP contribution in [0.3, 0.4) is 0 Å². The van der Waals surface area contributed by atoms with Gasteiger partial charge in [-0.15, -0.1) is 4.91 Å². The van der Waals surface area contributed by atoms with E-state index in [4.69, 9.17) is 5.73 Å². The maximum Gasteiger partial charge on any atom is 0.261 e. The Balaban J connectivity index is 1.31. The van der Waals surface area contributed by atoms with Crippen LogP contribution in [0, 0.1) is 22.6 Å². The molecule has 0 aliphatic carbocycles. The van der Waals surface area contributed by atoms with E-state index in [9.17, 15) is 14.1 Å². The van der Waals surface area contributed by atoms with E-state index >= 15 is 0 Å². The summed E-state index contributed by atoms with van der Waals surface area (Å²) in [5, 5.41) is 3.15. The van der Waals surface area contributed by atoms with Gasteiger partial charge in [0.2, 0.25) is 0 Å². The fourth-order valence-electron chi connectivity index (χ4n) is 4.27. The number of hydrogen-bond acceptors (Lipinski definition) is 6. The summed E-state index contributed by atoms with van der Waals surface area (Å²) in [5.74, 6) is 5.66. The molecular weight excluding hydrogens is 499 g/mol. The zero-order valence-corrected chi connectivity index (χ0v) is 21.1. The molecule has 0 saturated heterocycles. The second-order valence-corrected chi connectivity index (χ2v) is 9.65. The van der Waals surface area contributed by atoms with Gasteiger partial charge in [0.25, 0.3) is 5.91 Å². The fourth-order valence-corrected chi connectivity index (χ4v) is 4.92. The molecule has 0 radical (unpaired) electrons. The molecule has 0 atom stereocenters. The number of hydrogen-bond donors (Lipinski definition) is 2. The third-order valence-electron chi connectivity index (χ3n) is 6.27. The number of anilines is 2. The van der Waals surface area contributed by atoms with E-state index in [0.717, 1.165) is 52.9 Å². The van der Waals surface area contributed by atoms with Crippen LogP contribution in [0.2, 0.25) is 0 Å². The van der Waals surface area contributed by atoms with Crippen LogP contribution in [0.4, 0.5) is 21.5 Å². The van der Waals surface area contributed by atoms with Gasteiger partial charge >= 0.3 is 0 Å². The van der Waals surface area contributed by atoms with E-state index in [0.29, 0.717) is 22.7 Å². The lowest BCUT2D eigenvalue weighted by molar-refractivity contribution is 0.0984. The largest absolute Gasteiger partial charge is 0.396 e. The Bertz CT molecular complexity index is 1560. The van der Waals surface area contributed by atoms with Crippen LogP contribution in [0.25, 0.3) is 0 Å². The summed E-state index contributed by atoms with van der Waals surface area (Å²) in [5.41, 5.74) is 11.3. The number of carbonyl (C=O) groups excluding carboxylic acids is 1. The third kappa shape index (κ3) is 5.69. The number of nitrogens with two attached hydrogens (primary N) is 1. The number of halogens is 1. The average Bonchev–Trinajstić information content (AvgIpc) is 2.96. The first kappa shape index (κ1) is 25.1. The van der Waals surface area contributed by atoms with Crippen molar-refractivity contribution in [2.45, 2.75) is 17.9 Å². The molecule has 1 aliphatic rings. The fraction of sp³-hybridized carbons (Fsp3) is 0.100. The van der Waals surface area contributed by atoms with Crippen LogP contribution in [-0.2, 0) is 13.0 Å². The van der Waals surface area contributed by atoms with Gasteiger partial charge in [-0.1, -0.05) is 30.0 Å². The highest BCUT2D eigenvalue weighted by Gasteiger charge is 2.21. The first-order valence-corrected chi connectivity index (χ1v) is 12.8. The molecule has 0 fully saturated rings. The molecule has 3 N–H and O–H groups in total. The Labute approximate surface area is 224 Å². The van der Waals surface area contributed by atoms with Crippen molar-refractivity contribution >= 4 is 34.9 Å². The Kier molecular flexibility index (Phi) is 7.38. The molecule has 0 aromatic heterocycles. The van der Waals surface area contributed by atoms with Crippen molar-refractivity contribution in [3.63, 3.8) is 0 Å². The zero-order valence-electron chi connectivity index (χ0n) is 20.3. The number of carbonyl (C=O) groups is 1. The first-order valence-electron chi connectivity index (χ1n) is 11.9. The summed E-state index contributed by atoms with van der Waals surface area (Å²) in [6.07, 6.45) is 0.748. The van der Waals surface area contributed by atoms with Crippen molar-refractivity contribution in [2.24, 2.45) is 5.18 Å². The van der Waals surface area contributed by atoms with Crippen LogP contribution in [0.5, 0.6) is 0 Å². The summed E-state index contributed by atoms with van der Waals surface area (Å²) >= 11 is 1.08. The molecule has 1 aliphatic heterocycles. The molecule has 188 valence electrons. The minimum absolute atomic E-state index is 0.0320. The summed E-state index contributed by atoms with van der Waals surface area (Å²) in [4.78, 5) is 26.8. The number of nitrogens with zero attached hydrogens (tertiary/aromatic N) is 2. The van der Waals surface area contributed by atoms with Crippen molar-refractivity contribution in [1.82, 2.24) is 4.72 Å². The Morgan fingerprint density at radius 3 is 2.53 bits per heavy atom. The zero-order chi connectivity index (χ0) is 26.5. The van der Waals surface area contributed by atoms with Crippen molar-refractivity contribution in [1.29, 1.82) is 0 Å². The lowest BCUT2D eigenvalue weighted by atomic mass is 9.93. The van der Waals surface area contributed by atoms with E-state index in [2.05, 4.69) is 26.6 Å². The Hall–Kier alpha value is -4.61. The predicted molar refractivity (Wildman–Crippen MR) is 150 cm³/mol. The summed E-state index contributed by atoms with van der Waals surface area (Å²) < 4.78 is 16.1. The minimum atomic E-state index is -0.493. The summed E-state index contributed by atoms with van der Waals surface area (Å²) in [6, 6.07) is 25.0. The number of nitroso groups, excluding NO2 is 1. The van der Waals surface area contributed by atoms with Gasteiger partial charge in [0.1, 0.15) is 11.5 Å². The molecule has 8 heteroatoms. The van der Waals surface area contributed by atoms with E-state index in [-0.39, 0.29) is 11.6 Å². The molecule has 5 rings (SSSR count). The monoisotopic (exact) mass is 522 g/mol. The molecule has 1 heterocycles. The molecule has 0 spiro atoms. The highest BCUT2D eigenvalue weighted by molar-refractivity contribution is 7.98. The van der Waals surface area contributed by atoms with Crippen molar-refractivity contribution in [3.05, 3.63) is 123 Å². The third-order valence-corrected chi connectivity index (χ3v) is 7.05. The molecule has 4 aromatic carbocycles. The van der Waals surface area contributed by atoms with Gasteiger partial charge in [-0.25, -0.2) is 4.39 Å². The number of fused-ring (bicyclic) bond motifs is 1. The topological polar surface area (TPSA) is 87.8 Å². The minimum Gasteiger partial charge on any atom is -0.396 e. The maximum absolute atomic E-state index is 13.4. The van der Waals surface area contributed by atoms with Crippen LogP contribution < -0.4 is 15.4 Å². The SMILES string of the molecule is Nc1cc(SNC(=O)c2ccc(N3CCc4cc(N=O)cc(C#Cc5ccccc5)c4C3)cc2)ccc1F. The summed E-state index contributed by atoms with van der Waals surface area (Å²) in [6.45, 7) is 1.38. The van der Waals surface area contributed by atoms with Gasteiger partial charge in [-0.3, -0.25) is 9.52 Å². The van der Waals surface area contributed by atoms with Gasteiger partial charge in [-0.2, -0.15) is 0 Å². The van der Waals surface area contributed by atoms with E-state index in [1.165, 1.54) is 12.1 Å². The van der Waals surface area contributed by atoms with Gasteiger partial charge in [-0.05, 0) is 101 Å². The van der Waals surface area contributed by atoms with Gasteiger partial charge < -0.3 is 10.6 Å². The van der Waals surface area contributed by atoms with E-state index in [1.54, 1.807) is 24.3 Å². The molecular formula is C30H23FN4O2S. The maximum atomic E-state index is 13.4. The van der Waals surface area contributed by atoms with Crippen LogP contribution in [-0.4, -0.2) is 12.5 Å². The Morgan fingerprint density at radius 1 is 1.00 bits per heavy atom. The van der Waals surface area contributed by atoms with Gasteiger partial charge in [0, 0.05) is 40.4 Å². The standard InChI is InChI=1S/C30H23FN4O2S/c31-28-13-12-26(18-29(28)32)38-34-30(36)21-8-10-25(11-9-21)35-15-14-23-17-24(33-37)16-22(27(23)19-35)7-6-20-4-2-1-3-5-20/h1-5,8-13,16-18H,14-15,19,32H2,(H,34,36). The van der Waals surface area contributed by atoms with Crippen molar-refractivity contribution < 1.29 is 9.18 Å². The quantitative estimate of drug-likeness (QED) is 0.141. The highest BCUT2D eigenvalue weighted by Crippen LogP contribution is 2.31. The number of benzene rings is 4. The number of nitrogen functional groups attached to an aromatic ring is 1. The van der Waals surface area contributed by atoms with Crippen LogP contribution in [0.1, 0.15) is 32.6 Å². The molecule has 0 bridgehead atoms. The number of nitrogens with one attached hydrogen (secondary N) is 1. The first-order chi connectivity index (χ1) is 18.5. The lowest BCUT2D eigenvalue weighted by Gasteiger charge is -2.31.